The van der Waals surface area contributed by atoms with Crippen LogP contribution in [0, 0.1) is 11.6 Å². The number of carbonyl (C=O) groups is 1. The van der Waals surface area contributed by atoms with Crippen molar-refractivity contribution in [3.8, 4) is 39.5 Å². The van der Waals surface area contributed by atoms with E-state index in [1.54, 1.807) is 15.8 Å². The summed E-state index contributed by atoms with van der Waals surface area (Å²) < 4.78 is 46.0. The van der Waals surface area contributed by atoms with Gasteiger partial charge in [0, 0.05) is 59.4 Å². The van der Waals surface area contributed by atoms with Gasteiger partial charge in [-0.1, -0.05) is 12.6 Å². The van der Waals surface area contributed by atoms with Gasteiger partial charge in [-0.05, 0) is 35.7 Å². The molecule has 0 bridgehead atoms. The molecular formula is C33H28F2N6O3S. The van der Waals surface area contributed by atoms with E-state index in [-0.39, 0.29) is 30.4 Å². The van der Waals surface area contributed by atoms with Gasteiger partial charge in [0.2, 0.25) is 5.91 Å². The van der Waals surface area contributed by atoms with Gasteiger partial charge in [-0.3, -0.25) is 14.2 Å². The quantitative estimate of drug-likeness (QED) is 0.148. The fraction of sp³-hybridized carbons (Fsp3) is 0.212. The average molecular weight is 627 g/mol. The third-order valence-corrected chi connectivity index (χ3v) is 8.90. The number of halogens is 2. The highest BCUT2D eigenvalue weighted by molar-refractivity contribution is 7.18. The van der Waals surface area contributed by atoms with Crippen molar-refractivity contribution >= 4 is 38.2 Å². The minimum absolute atomic E-state index is 0.0403. The number of nitrogens with zero attached hydrogens (tertiary/aromatic N) is 6. The lowest BCUT2D eigenvalue weighted by atomic mass is 9.96. The highest BCUT2D eigenvalue weighted by Gasteiger charge is 2.28. The minimum Gasteiger partial charge on any atom is -0.490 e. The second kappa shape index (κ2) is 11.5. The maximum Gasteiger partial charge on any atom is 0.246 e. The Morgan fingerprint density at radius 3 is 2.78 bits per heavy atom. The van der Waals surface area contributed by atoms with E-state index < -0.39 is 11.6 Å². The molecule has 7 rings (SSSR count). The highest BCUT2D eigenvalue weighted by Crippen LogP contribution is 2.47. The van der Waals surface area contributed by atoms with Gasteiger partial charge in [-0.2, -0.15) is 10.2 Å². The number of aromatic nitrogens is 5. The molecule has 0 saturated heterocycles. The van der Waals surface area contributed by atoms with Crippen molar-refractivity contribution < 1.29 is 23.0 Å². The Morgan fingerprint density at radius 1 is 1.09 bits per heavy atom. The van der Waals surface area contributed by atoms with E-state index in [1.165, 1.54) is 30.6 Å². The van der Waals surface area contributed by atoms with Gasteiger partial charge in [0.1, 0.15) is 35.4 Å². The van der Waals surface area contributed by atoms with Crippen molar-refractivity contribution in [3.63, 3.8) is 0 Å². The molecule has 1 aliphatic rings. The van der Waals surface area contributed by atoms with Crippen molar-refractivity contribution in [2.45, 2.75) is 13.1 Å². The summed E-state index contributed by atoms with van der Waals surface area (Å²) in [6, 6.07) is 11.9. The van der Waals surface area contributed by atoms with Gasteiger partial charge >= 0.3 is 0 Å². The number of fused-ring (bicyclic) bond motifs is 3. The Hall–Kier alpha value is -4.94. The topological polar surface area (TPSA) is 87.3 Å². The number of rotatable bonds is 8. The van der Waals surface area contributed by atoms with E-state index in [9.17, 15) is 9.18 Å². The van der Waals surface area contributed by atoms with Crippen molar-refractivity contribution in [2.75, 3.05) is 26.9 Å². The van der Waals surface area contributed by atoms with Gasteiger partial charge in [-0.15, -0.1) is 11.3 Å². The van der Waals surface area contributed by atoms with Gasteiger partial charge in [0.15, 0.2) is 0 Å². The van der Waals surface area contributed by atoms with Gasteiger partial charge in [-0.25, -0.2) is 13.8 Å². The highest BCUT2D eigenvalue weighted by atomic mass is 32.1. The second-order valence-electron chi connectivity index (χ2n) is 10.7. The lowest BCUT2D eigenvalue weighted by Crippen LogP contribution is -2.37. The molecule has 2 aromatic carbocycles. The normalized spacial score (nSPS) is 13.0. The van der Waals surface area contributed by atoms with Crippen LogP contribution in [0.15, 0.2) is 66.7 Å². The molecule has 4 aromatic heterocycles. The van der Waals surface area contributed by atoms with Crippen LogP contribution in [0.1, 0.15) is 5.69 Å². The van der Waals surface area contributed by atoms with Crippen LogP contribution in [0.4, 0.5) is 8.78 Å². The Balaban J connectivity index is 1.49. The summed E-state index contributed by atoms with van der Waals surface area (Å²) >= 11 is 1.43. The van der Waals surface area contributed by atoms with Crippen LogP contribution in [0.3, 0.4) is 0 Å². The van der Waals surface area contributed by atoms with Crippen molar-refractivity contribution in [1.29, 1.82) is 0 Å². The van der Waals surface area contributed by atoms with Crippen LogP contribution < -0.4 is 4.74 Å². The molecule has 1 aliphatic heterocycles. The molecule has 9 nitrogen and oxygen atoms in total. The molecule has 0 spiro atoms. The lowest BCUT2D eigenvalue weighted by molar-refractivity contribution is -0.127. The fourth-order valence-electron chi connectivity index (χ4n) is 5.81. The van der Waals surface area contributed by atoms with E-state index in [1.807, 2.05) is 47.4 Å². The zero-order valence-electron chi connectivity index (χ0n) is 24.6. The first kappa shape index (κ1) is 28.8. The second-order valence-corrected chi connectivity index (χ2v) is 11.6. The van der Waals surface area contributed by atoms with Crippen LogP contribution in [0.25, 0.3) is 54.8 Å². The molecule has 5 heterocycles. The third-order valence-electron chi connectivity index (χ3n) is 7.97. The number of methoxy groups -OCH3 is 1. The summed E-state index contributed by atoms with van der Waals surface area (Å²) in [5.74, 6) is -1.66. The van der Waals surface area contributed by atoms with Crippen molar-refractivity contribution in [2.24, 2.45) is 7.05 Å². The first-order chi connectivity index (χ1) is 21.9. The number of aryl methyl sites for hydroxylation is 1. The summed E-state index contributed by atoms with van der Waals surface area (Å²) in [5, 5.41) is 12.9. The van der Waals surface area contributed by atoms with Gasteiger partial charge in [0.25, 0.3) is 0 Å². The molecule has 0 unspecified atom stereocenters. The predicted octanol–water partition coefficient (Wildman–Crippen LogP) is 6.21. The van der Waals surface area contributed by atoms with Crippen molar-refractivity contribution in [1.82, 2.24) is 29.4 Å². The number of hydrogen-bond acceptors (Lipinski definition) is 7. The molecule has 0 saturated carbocycles. The number of pyridine rings is 1. The zero-order valence-corrected chi connectivity index (χ0v) is 25.4. The fourth-order valence-corrected chi connectivity index (χ4v) is 6.76. The Bertz CT molecular complexity index is 2120. The summed E-state index contributed by atoms with van der Waals surface area (Å²) in [5.41, 5.74) is 4.78. The van der Waals surface area contributed by atoms with E-state index in [0.717, 1.165) is 38.3 Å². The van der Waals surface area contributed by atoms with Crippen LogP contribution in [0.5, 0.6) is 5.75 Å². The number of hydrogen-bond donors (Lipinski definition) is 0. The van der Waals surface area contributed by atoms with E-state index in [2.05, 4.69) is 11.7 Å². The summed E-state index contributed by atoms with van der Waals surface area (Å²) in [7, 11) is 3.41. The number of amides is 1. The molecule has 12 heteroatoms. The number of ether oxygens (including phenoxy) is 2. The number of carbonyl (C=O) groups excluding carboxylic acids is 1. The molecule has 0 radical (unpaired) electrons. The third kappa shape index (κ3) is 5.05. The van der Waals surface area contributed by atoms with Crippen molar-refractivity contribution in [3.05, 3.63) is 84.0 Å². The van der Waals surface area contributed by atoms with Crippen LogP contribution in [-0.2, 0) is 29.7 Å². The molecule has 0 fully saturated rings. The minimum atomic E-state index is -0.781. The first-order valence-corrected chi connectivity index (χ1v) is 15.2. The van der Waals surface area contributed by atoms with E-state index in [0.29, 0.717) is 42.3 Å². The summed E-state index contributed by atoms with van der Waals surface area (Å²) in [6.07, 6.45) is 3.10. The van der Waals surface area contributed by atoms with Crippen LogP contribution >= 0.6 is 11.3 Å². The molecular weight excluding hydrogens is 598 g/mol. The molecule has 1 amide bonds. The average Bonchev–Trinajstić information content (AvgIpc) is 3.78. The van der Waals surface area contributed by atoms with Crippen LogP contribution in [-0.4, -0.2) is 62.2 Å². The molecule has 0 atom stereocenters. The lowest BCUT2D eigenvalue weighted by Gasteiger charge is -2.26. The first-order valence-electron chi connectivity index (χ1n) is 14.3. The number of thiophene rings is 1. The number of benzene rings is 2. The van der Waals surface area contributed by atoms with E-state index in [4.69, 9.17) is 19.6 Å². The SMILES string of the molecule is C=CC(=O)N1CCn2nc(-c3nc(-c4ccc5c(cnn5C)c4)c4ccsc4c3-c3c(F)cc(F)cc3OCCOC)cc2C1. The monoisotopic (exact) mass is 626 g/mol. The standard InChI is InChI=1S/C33H28F2N6O3S/c1-4-28(42)40-8-9-41-22(18-40)16-25(38-41)32-30(29-24(35)14-21(34)15-27(29)44-11-10-43-3)33-23(7-12-45-33)31(37-32)19-5-6-26-20(13-19)17-36-39(26)2/h4-7,12-17H,1,8-11,18H2,2-3H3. The molecule has 228 valence electrons. The smallest absolute Gasteiger partial charge is 0.246 e. The Labute approximate surface area is 260 Å². The van der Waals surface area contributed by atoms with Gasteiger partial charge < -0.3 is 14.4 Å². The maximum absolute atomic E-state index is 16.0. The summed E-state index contributed by atoms with van der Waals surface area (Å²) in [4.78, 5) is 19.3. The Morgan fingerprint density at radius 2 is 1.96 bits per heavy atom. The molecule has 45 heavy (non-hydrogen) atoms. The van der Waals surface area contributed by atoms with E-state index >= 15 is 4.39 Å². The molecule has 0 aliphatic carbocycles. The maximum atomic E-state index is 16.0. The molecule has 0 N–H and O–H groups in total. The largest absolute Gasteiger partial charge is 0.490 e. The zero-order chi connectivity index (χ0) is 31.2. The van der Waals surface area contributed by atoms with Gasteiger partial charge in [0.05, 0.1) is 48.4 Å². The van der Waals surface area contributed by atoms with Crippen LogP contribution in [0.2, 0.25) is 0 Å². The predicted molar refractivity (Wildman–Crippen MR) is 169 cm³/mol. The Kier molecular flexibility index (Phi) is 7.38. The molecule has 6 aromatic rings. The summed E-state index contributed by atoms with van der Waals surface area (Å²) in [6.45, 7) is 5.24.